The van der Waals surface area contributed by atoms with Crippen LogP contribution in [0.1, 0.15) is 63.9 Å². The van der Waals surface area contributed by atoms with Crippen molar-refractivity contribution in [2.75, 3.05) is 11.9 Å². The highest BCUT2D eigenvalue weighted by atomic mass is 35.5. The maximum atomic E-state index is 13.8. The predicted octanol–water partition coefficient (Wildman–Crippen LogP) is 6.01. The molecule has 210 valence electrons. The van der Waals surface area contributed by atoms with Crippen molar-refractivity contribution in [1.82, 2.24) is 5.43 Å². The lowest BCUT2D eigenvalue weighted by molar-refractivity contribution is -0.127. The maximum absolute atomic E-state index is 13.8. The highest BCUT2D eigenvalue weighted by Gasteiger charge is 2.29. The number of benzene rings is 2. The summed E-state index contributed by atoms with van der Waals surface area (Å²) in [5.41, 5.74) is 4.11. The molecule has 2 amide bonds. The number of carbonyl (C=O) groups is 3. The molecule has 2 atom stereocenters. The molecule has 1 heterocycles. The van der Waals surface area contributed by atoms with E-state index >= 15 is 0 Å². The summed E-state index contributed by atoms with van der Waals surface area (Å²) >= 11 is 7.36. The third-order valence-corrected chi connectivity index (χ3v) is 7.88. The van der Waals surface area contributed by atoms with Gasteiger partial charge in [-0.05, 0) is 81.0 Å². The van der Waals surface area contributed by atoms with Crippen molar-refractivity contribution in [3.8, 4) is 5.75 Å². The summed E-state index contributed by atoms with van der Waals surface area (Å²) in [6.07, 6.45) is 2.81. The second-order valence-electron chi connectivity index (χ2n) is 9.38. The van der Waals surface area contributed by atoms with Gasteiger partial charge in [0.25, 0.3) is 11.8 Å². The number of hydrogen-bond donors (Lipinski definition) is 2. The zero-order valence-corrected chi connectivity index (χ0v) is 23.8. The number of hydrazone groups is 1. The molecule has 0 radical (unpaired) electrons. The zero-order chi connectivity index (χ0) is 28.8. The van der Waals surface area contributed by atoms with E-state index in [9.17, 15) is 18.8 Å². The van der Waals surface area contributed by atoms with E-state index in [1.54, 1.807) is 31.2 Å². The van der Waals surface area contributed by atoms with Gasteiger partial charge in [0, 0.05) is 16.0 Å². The maximum Gasteiger partial charge on any atom is 0.341 e. The standard InChI is InChI=1S/C29H29ClFN3O5S/c1-4-38-29(37)25-20-13-8-16(2)14-24(20)40-28(25)33-27(36)18-9-11-19(12-10-18)39-17(3)26(35)34-32-15-21-22(30)6-5-7-23(21)31/h5-7,9-12,15-17H,4,8,13-14H2,1-3H3,(H,33,36)(H,34,35)/b32-15-/t16-,17-/m0/s1. The molecule has 4 rings (SSSR count). The molecule has 1 aromatic heterocycles. The lowest BCUT2D eigenvalue weighted by atomic mass is 9.88. The van der Waals surface area contributed by atoms with Gasteiger partial charge in [0.2, 0.25) is 0 Å². The Bertz CT molecular complexity index is 1420. The van der Waals surface area contributed by atoms with Crippen LogP contribution in [0.4, 0.5) is 9.39 Å². The molecule has 2 aromatic carbocycles. The number of hydrogen-bond acceptors (Lipinski definition) is 7. The van der Waals surface area contributed by atoms with Gasteiger partial charge in [0.05, 0.1) is 23.4 Å². The molecule has 40 heavy (non-hydrogen) atoms. The summed E-state index contributed by atoms with van der Waals surface area (Å²) in [6, 6.07) is 10.5. The Morgan fingerprint density at radius 3 is 2.67 bits per heavy atom. The molecule has 0 aliphatic heterocycles. The number of thiophene rings is 1. The number of halogens is 2. The molecule has 11 heteroatoms. The van der Waals surface area contributed by atoms with Gasteiger partial charge in [-0.1, -0.05) is 24.6 Å². The van der Waals surface area contributed by atoms with Crippen LogP contribution >= 0.6 is 22.9 Å². The Morgan fingerprint density at radius 1 is 1.23 bits per heavy atom. The number of carbonyl (C=O) groups excluding carboxylic acids is 3. The van der Waals surface area contributed by atoms with Crippen LogP contribution in [0.25, 0.3) is 0 Å². The molecule has 0 saturated carbocycles. The largest absolute Gasteiger partial charge is 0.481 e. The summed E-state index contributed by atoms with van der Waals surface area (Å²) in [4.78, 5) is 39.2. The third-order valence-electron chi connectivity index (χ3n) is 6.38. The average molecular weight is 586 g/mol. The first kappa shape index (κ1) is 29.2. The van der Waals surface area contributed by atoms with Crippen LogP contribution in [-0.2, 0) is 22.4 Å². The smallest absolute Gasteiger partial charge is 0.341 e. The minimum atomic E-state index is -0.931. The van der Waals surface area contributed by atoms with Crippen molar-refractivity contribution in [2.45, 2.75) is 46.1 Å². The molecule has 0 saturated heterocycles. The Labute approximate surface area is 240 Å². The van der Waals surface area contributed by atoms with E-state index in [2.05, 4.69) is 22.8 Å². The zero-order valence-electron chi connectivity index (χ0n) is 22.3. The third kappa shape index (κ3) is 6.86. The van der Waals surface area contributed by atoms with E-state index in [4.69, 9.17) is 21.1 Å². The number of rotatable bonds is 9. The molecule has 0 bridgehead atoms. The van der Waals surface area contributed by atoms with Gasteiger partial charge in [0.1, 0.15) is 16.6 Å². The number of nitrogens with zero attached hydrogens (tertiary/aromatic N) is 1. The van der Waals surface area contributed by atoms with Crippen LogP contribution in [0.3, 0.4) is 0 Å². The van der Waals surface area contributed by atoms with Crippen LogP contribution in [-0.4, -0.2) is 36.7 Å². The monoisotopic (exact) mass is 585 g/mol. The van der Waals surface area contributed by atoms with E-state index < -0.39 is 23.8 Å². The minimum absolute atomic E-state index is 0.0542. The number of ether oxygens (including phenoxy) is 2. The fraction of sp³-hybridized carbons (Fsp3) is 0.310. The first-order valence-corrected chi connectivity index (χ1v) is 14.0. The molecule has 1 aliphatic carbocycles. The van der Waals surface area contributed by atoms with Crippen molar-refractivity contribution in [3.63, 3.8) is 0 Å². The highest BCUT2D eigenvalue weighted by molar-refractivity contribution is 7.17. The SMILES string of the molecule is CCOC(=O)c1c(NC(=O)c2ccc(O[C@@H](C)C(=O)N/N=C\c3c(F)cccc3Cl)cc2)sc2c1CC[C@H](C)C2. The molecule has 1 aliphatic rings. The van der Waals surface area contributed by atoms with Crippen molar-refractivity contribution in [2.24, 2.45) is 11.0 Å². The summed E-state index contributed by atoms with van der Waals surface area (Å²) < 4.78 is 24.7. The molecule has 0 unspecified atom stereocenters. The Hall–Kier alpha value is -3.76. The first-order chi connectivity index (χ1) is 19.2. The summed E-state index contributed by atoms with van der Waals surface area (Å²) in [5, 5.41) is 7.29. The van der Waals surface area contributed by atoms with Gasteiger partial charge in [-0.2, -0.15) is 5.10 Å². The van der Waals surface area contributed by atoms with E-state index in [-0.39, 0.29) is 23.1 Å². The number of nitrogens with one attached hydrogen (secondary N) is 2. The second kappa shape index (κ2) is 13.1. The number of anilines is 1. The minimum Gasteiger partial charge on any atom is -0.481 e. The molecule has 0 fully saturated rings. The van der Waals surface area contributed by atoms with Crippen molar-refractivity contribution < 1.29 is 28.2 Å². The van der Waals surface area contributed by atoms with E-state index in [0.717, 1.165) is 35.9 Å². The normalized spacial score (nSPS) is 15.3. The lowest BCUT2D eigenvalue weighted by Crippen LogP contribution is -2.33. The first-order valence-electron chi connectivity index (χ1n) is 12.8. The van der Waals surface area contributed by atoms with Gasteiger partial charge in [0.15, 0.2) is 6.10 Å². The van der Waals surface area contributed by atoms with Gasteiger partial charge in [-0.15, -0.1) is 11.3 Å². The van der Waals surface area contributed by atoms with Crippen molar-refractivity contribution >= 4 is 51.9 Å². The summed E-state index contributed by atoms with van der Waals surface area (Å²) in [6.45, 7) is 5.70. The Morgan fingerprint density at radius 2 is 1.98 bits per heavy atom. The number of fused-ring (bicyclic) bond motifs is 1. The summed E-state index contributed by atoms with van der Waals surface area (Å²) in [5.74, 6) is -1.07. The number of esters is 1. The van der Waals surface area contributed by atoms with Gasteiger partial charge in [-0.3, -0.25) is 9.59 Å². The van der Waals surface area contributed by atoms with Crippen LogP contribution in [0.2, 0.25) is 5.02 Å². The Balaban J connectivity index is 1.38. The average Bonchev–Trinajstić information content (AvgIpc) is 3.27. The molecule has 0 spiro atoms. The number of amides is 2. The highest BCUT2D eigenvalue weighted by Crippen LogP contribution is 2.40. The van der Waals surface area contributed by atoms with Crippen LogP contribution in [0.5, 0.6) is 5.75 Å². The molecule has 2 N–H and O–H groups in total. The van der Waals surface area contributed by atoms with Crippen LogP contribution in [0, 0.1) is 11.7 Å². The molecular formula is C29H29ClFN3O5S. The van der Waals surface area contributed by atoms with Crippen LogP contribution < -0.4 is 15.5 Å². The topological polar surface area (TPSA) is 106 Å². The van der Waals surface area contributed by atoms with Crippen LogP contribution in [0.15, 0.2) is 47.6 Å². The van der Waals surface area contributed by atoms with Gasteiger partial charge >= 0.3 is 5.97 Å². The Kier molecular flexibility index (Phi) is 9.54. The predicted molar refractivity (Wildman–Crippen MR) is 153 cm³/mol. The van der Waals surface area contributed by atoms with E-state index in [0.29, 0.717) is 27.8 Å². The summed E-state index contributed by atoms with van der Waals surface area (Å²) in [7, 11) is 0. The molecular weight excluding hydrogens is 557 g/mol. The fourth-order valence-electron chi connectivity index (χ4n) is 4.26. The van der Waals surface area contributed by atoms with Crippen molar-refractivity contribution in [3.05, 3.63) is 80.4 Å². The van der Waals surface area contributed by atoms with E-state index in [1.807, 2.05) is 0 Å². The molecule has 8 nitrogen and oxygen atoms in total. The lowest BCUT2D eigenvalue weighted by Gasteiger charge is -2.18. The van der Waals surface area contributed by atoms with Gasteiger partial charge in [-0.25, -0.2) is 14.6 Å². The second-order valence-corrected chi connectivity index (χ2v) is 10.9. The fourth-order valence-corrected chi connectivity index (χ4v) is 5.87. The quantitative estimate of drug-likeness (QED) is 0.182. The van der Waals surface area contributed by atoms with E-state index in [1.165, 1.54) is 36.5 Å². The van der Waals surface area contributed by atoms with Gasteiger partial charge < -0.3 is 14.8 Å². The molecule has 3 aromatic rings. The van der Waals surface area contributed by atoms with Crippen molar-refractivity contribution in [1.29, 1.82) is 0 Å².